The molecule has 4 aromatic carbocycles. The average molecular weight is 639 g/mol. The number of hydrogen-bond acceptors (Lipinski definition) is 7. The van der Waals surface area contributed by atoms with Gasteiger partial charge in [-0.1, -0.05) is 78.1 Å². The van der Waals surface area contributed by atoms with Crippen molar-refractivity contribution in [2.45, 2.75) is 19.6 Å². The number of thiazole rings is 1. The van der Waals surface area contributed by atoms with Crippen LogP contribution >= 0.6 is 11.3 Å². The molecule has 5 aromatic rings. The summed E-state index contributed by atoms with van der Waals surface area (Å²) in [5.41, 5.74) is 2.63. The molecule has 232 valence electrons. The first-order valence-corrected chi connectivity index (χ1v) is 15.3. The fourth-order valence-corrected chi connectivity index (χ4v) is 6.23. The predicted octanol–water partition coefficient (Wildman–Crippen LogP) is 5.80. The van der Waals surface area contributed by atoms with Gasteiger partial charge in [-0.2, -0.15) is 0 Å². The van der Waals surface area contributed by atoms with E-state index in [1.54, 1.807) is 55.5 Å². The van der Waals surface area contributed by atoms with Gasteiger partial charge in [-0.25, -0.2) is 18.6 Å². The molecule has 10 heteroatoms. The first kappa shape index (κ1) is 30.7. The number of carbonyl (C=O) groups is 1. The van der Waals surface area contributed by atoms with Crippen molar-refractivity contribution >= 4 is 29.1 Å². The van der Waals surface area contributed by atoms with Gasteiger partial charge in [0, 0.05) is 11.1 Å². The van der Waals surface area contributed by atoms with E-state index in [1.807, 2.05) is 30.3 Å². The predicted molar refractivity (Wildman–Crippen MR) is 171 cm³/mol. The summed E-state index contributed by atoms with van der Waals surface area (Å²) in [7, 11) is 1.52. The van der Waals surface area contributed by atoms with Crippen LogP contribution in [0.3, 0.4) is 0 Å². The third kappa shape index (κ3) is 6.12. The van der Waals surface area contributed by atoms with E-state index in [0.717, 1.165) is 16.9 Å². The van der Waals surface area contributed by atoms with Crippen molar-refractivity contribution < 1.29 is 27.8 Å². The van der Waals surface area contributed by atoms with Crippen LogP contribution in [-0.2, 0) is 16.1 Å². The zero-order valence-electron chi connectivity index (χ0n) is 24.9. The first-order valence-electron chi connectivity index (χ1n) is 14.5. The molecule has 0 aliphatic carbocycles. The molecule has 0 saturated heterocycles. The van der Waals surface area contributed by atoms with E-state index in [-0.39, 0.29) is 24.6 Å². The van der Waals surface area contributed by atoms with Crippen molar-refractivity contribution in [3.8, 4) is 11.5 Å². The molecule has 0 radical (unpaired) electrons. The number of aromatic nitrogens is 1. The number of fused-ring (bicyclic) bond motifs is 1. The Kier molecular flexibility index (Phi) is 8.89. The summed E-state index contributed by atoms with van der Waals surface area (Å²) in [5, 5.41) is 0. The highest BCUT2D eigenvalue weighted by atomic mass is 32.1. The number of halogens is 2. The second kappa shape index (κ2) is 13.3. The minimum atomic E-state index is -0.937. The number of ether oxygens (including phenoxy) is 3. The van der Waals surface area contributed by atoms with Gasteiger partial charge in [0.2, 0.25) is 0 Å². The van der Waals surface area contributed by atoms with Crippen LogP contribution in [-0.4, -0.2) is 24.3 Å². The van der Waals surface area contributed by atoms with E-state index < -0.39 is 23.4 Å². The standard InChI is InChI=1S/C36H28F2N2O5S/c1-3-44-35(42)30-31(23-8-5-4-6-9-23)39-36-40(32(30)24-14-18-27(38)19-15-24)34(41)29(46-36)20-25-10-7-11-28(43-2)33(25)45-21-22-12-16-26(37)17-13-22/h4-20,32H,3,21H2,1-2H3/b29-20-/t32-/m0/s1. The molecule has 1 aliphatic heterocycles. The zero-order chi connectivity index (χ0) is 32.2. The Balaban J connectivity index is 1.54. The summed E-state index contributed by atoms with van der Waals surface area (Å²) in [6.07, 6.45) is 1.68. The topological polar surface area (TPSA) is 79.1 Å². The molecule has 0 amide bonds. The lowest BCUT2D eigenvalue weighted by Gasteiger charge is -2.25. The maximum Gasteiger partial charge on any atom is 0.338 e. The summed E-state index contributed by atoms with van der Waals surface area (Å²) in [6.45, 7) is 1.95. The smallest absolute Gasteiger partial charge is 0.338 e. The van der Waals surface area contributed by atoms with Crippen molar-refractivity contribution in [1.29, 1.82) is 0 Å². The lowest BCUT2D eigenvalue weighted by molar-refractivity contribution is -0.138. The van der Waals surface area contributed by atoms with E-state index in [9.17, 15) is 18.4 Å². The van der Waals surface area contributed by atoms with Gasteiger partial charge in [0.1, 0.15) is 18.2 Å². The largest absolute Gasteiger partial charge is 0.493 e. The van der Waals surface area contributed by atoms with Gasteiger partial charge in [-0.15, -0.1) is 0 Å². The van der Waals surface area contributed by atoms with Crippen molar-refractivity contribution in [3.05, 3.63) is 156 Å². The van der Waals surface area contributed by atoms with E-state index in [1.165, 1.54) is 35.9 Å². The van der Waals surface area contributed by atoms with E-state index >= 15 is 0 Å². The molecule has 0 saturated carbocycles. The highest BCUT2D eigenvalue weighted by Gasteiger charge is 2.35. The Morgan fingerprint density at radius 3 is 2.30 bits per heavy atom. The van der Waals surface area contributed by atoms with Crippen LogP contribution in [0.2, 0.25) is 0 Å². The molecular formula is C36H28F2N2O5S. The average Bonchev–Trinajstić information content (AvgIpc) is 3.38. The summed E-state index contributed by atoms with van der Waals surface area (Å²) in [5.74, 6) is -0.584. The number of rotatable bonds is 9. The van der Waals surface area contributed by atoms with Gasteiger partial charge in [0.25, 0.3) is 5.56 Å². The number of methoxy groups -OCH3 is 1. The van der Waals surface area contributed by atoms with Crippen LogP contribution in [0.15, 0.2) is 112 Å². The number of carbonyl (C=O) groups excluding carboxylic acids is 1. The molecular weight excluding hydrogens is 610 g/mol. The molecule has 0 fully saturated rings. The molecule has 6 rings (SSSR count). The molecule has 2 heterocycles. The summed E-state index contributed by atoms with van der Waals surface area (Å²) >= 11 is 1.15. The van der Waals surface area contributed by atoms with Gasteiger partial charge < -0.3 is 14.2 Å². The van der Waals surface area contributed by atoms with Gasteiger partial charge >= 0.3 is 5.97 Å². The molecule has 1 aliphatic rings. The second-order valence-electron chi connectivity index (χ2n) is 10.3. The molecule has 0 N–H and O–H groups in total. The maximum atomic E-state index is 14.2. The van der Waals surface area contributed by atoms with Crippen LogP contribution < -0.4 is 24.4 Å². The van der Waals surface area contributed by atoms with Crippen LogP contribution in [0.5, 0.6) is 11.5 Å². The minimum absolute atomic E-state index is 0.113. The van der Waals surface area contributed by atoms with Crippen molar-refractivity contribution in [3.63, 3.8) is 0 Å². The van der Waals surface area contributed by atoms with Crippen LogP contribution in [0.1, 0.15) is 35.2 Å². The Hall–Kier alpha value is -5.35. The Labute approximate surface area is 267 Å². The summed E-state index contributed by atoms with van der Waals surface area (Å²) in [6, 6.07) is 25.2. The van der Waals surface area contributed by atoms with Crippen molar-refractivity contribution in [1.82, 2.24) is 4.57 Å². The van der Waals surface area contributed by atoms with Crippen molar-refractivity contribution in [2.75, 3.05) is 13.7 Å². The number of hydrogen-bond donors (Lipinski definition) is 0. The molecule has 46 heavy (non-hydrogen) atoms. The van der Waals surface area contributed by atoms with Crippen molar-refractivity contribution in [2.24, 2.45) is 4.99 Å². The highest BCUT2D eigenvalue weighted by molar-refractivity contribution is 7.07. The molecule has 7 nitrogen and oxygen atoms in total. The fourth-order valence-electron chi connectivity index (χ4n) is 5.24. The van der Waals surface area contributed by atoms with Gasteiger partial charge in [0.15, 0.2) is 16.3 Å². The van der Waals surface area contributed by atoms with E-state index in [4.69, 9.17) is 19.2 Å². The van der Waals surface area contributed by atoms with Gasteiger partial charge in [-0.05, 0) is 54.5 Å². The molecule has 1 aromatic heterocycles. The van der Waals surface area contributed by atoms with Crippen LogP contribution in [0.4, 0.5) is 8.78 Å². The quantitative estimate of drug-likeness (QED) is 0.191. The molecule has 0 spiro atoms. The Morgan fingerprint density at radius 1 is 0.935 bits per heavy atom. The van der Waals surface area contributed by atoms with Crippen LogP contribution in [0, 0.1) is 11.6 Å². The summed E-state index contributed by atoms with van der Waals surface area (Å²) < 4.78 is 46.4. The third-order valence-electron chi connectivity index (χ3n) is 7.37. The third-order valence-corrected chi connectivity index (χ3v) is 8.35. The van der Waals surface area contributed by atoms with E-state index in [2.05, 4.69) is 0 Å². The number of para-hydroxylation sites is 1. The molecule has 1 atom stereocenters. The van der Waals surface area contributed by atoms with Crippen LogP contribution in [0.25, 0.3) is 11.8 Å². The van der Waals surface area contributed by atoms with Gasteiger partial charge in [-0.3, -0.25) is 9.36 Å². The Morgan fingerprint density at radius 2 is 1.63 bits per heavy atom. The monoisotopic (exact) mass is 638 g/mol. The lowest BCUT2D eigenvalue weighted by atomic mass is 9.93. The minimum Gasteiger partial charge on any atom is -0.493 e. The van der Waals surface area contributed by atoms with E-state index in [0.29, 0.717) is 43.2 Å². The second-order valence-corrected chi connectivity index (χ2v) is 11.3. The normalized spacial score (nSPS) is 14.4. The van der Waals surface area contributed by atoms with Gasteiger partial charge in [0.05, 0.1) is 35.6 Å². The number of esters is 1. The zero-order valence-corrected chi connectivity index (χ0v) is 25.7. The molecule has 0 bridgehead atoms. The highest BCUT2D eigenvalue weighted by Crippen LogP contribution is 2.36. The SMILES string of the molecule is CCOC(=O)C1=C(c2ccccc2)N=c2s/c(=C\c3cccc(OC)c3OCc3ccc(F)cc3)c(=O)n2[C@H]1c1ccc(F)cc1. The fraction of sp³-hybridized carbons (Fsp3) is 0.139. The number of nitrogens with zero attached hydrogens (tertiary/aromatic N) is 2. The lowest BCUT2D eigenvalue weighted by Crippen LogP contribution is -2.40. The Bertz CT molecular complexity index is 2110. The molecule has 0 unspecified atom stereocenters. The summed E-state index contributed by atoms with van der Waals surface area (Å²) in [4.78, 5) is 33.0. The first-order chi connectivity index (χ1) is 22.4. The maximum absolute atomic E-state index is 14.2. The number of benzene rings is 4.